The van der Waals surface area contributed by atoms with Crippen LogP contribution in [0.1, 0.15) is 27.2 Å². The number of carbonyl (C=O) groups is 1. The van der Waals surface area contributed by atoms with Crippen LogP contribution >= 0.6 is 11.6 Å². The minimum Gasteiger partial charge on any atom is -0.497 e. The summed E-state index contributed by atoms with van der Waals surface area (Å²) in [5.74, 6) is 0.969. The number of nitrogens with zero attached hydrogens (tertiary/aromatic N) is 5. The Balaban J connectivity index is 1.61. The molecule has 3 aromatic heterocycles. The molecule has 164 valence electrons. The molecule has 0 radical (unpaired) electrons. The maximum Gasteiger partial charge on any atom is 0.250 e. The summed E-state index contributed by atoms with van der Waals surface area (Å²) >= 11 is 6.05. The van der Waals surface area contributed by atoms with Crippen molar-refractivity contribution >= 4 is 28.3 Å². The summed E-state index contributed by atoms with van der Waals surface area (Å²) in [7, 11) is 1.62. The molecule has 0 amide bonds. The van der Waals surface area contributed by atoms with E-state index >= 15 is 0 Å². The van der Waals surface area contributed by atoms with Gasteiger partial charge in [0.25, 0.3) is 0 Å². The number of methoxy groups -OCH3 is 1. The van der Waals surface area contributed by atoms with E-state index in [9.17, 15) is 4.79 Å². The van der Waals surface area contributed by atoms with E-state index in [0.29, 0.717) is 34.4 Å². The molecule has 0 atom stereocenters. The van der Waals surface area contributed by atoms with Gasteiger partial charge in [-0.1, -0.05) is 23.7 Å². The molecule has 0 aliphatic carbocycles. The number of hydrogen-bond acceptors (Lipinski definition) is 5. The van der Waals surface area contributed by atoms with Crippen molar-refractivity contribution in [2.75, 3.05) is 7.11 Å². The molecule has 0 saturated heterocycles. The lowest BCUT2D eigenvalue weighted by Crippen LogP contribution is -2.06. The van der Waals surface area contributed by atoms with Crippen LogP contribution in [0.15, 0.2) is 73.3 Å². The van der Waals surface area contributed by atoms with Gasteiger partial charge in [0.15, 0.2) is 5.78 Å². The lowest BCUT2D eigenvalue weighted by Gasteiger charge is -2.09. The fourth-order valence-corrected chi connectivity index (χ4v) is 4.08. The van der Waals surface area contributed by atoms with Crippen LogP contribution < -0.4 is 4.74 Å². The molecule has 0 saturated carbocycles. The standard InChI is InChI=1S/C25H20ClN5O2/c1-16-23(24(32)18-13-29-31(15-18)25-27-10-3-11-28-25)21-12-20(33-2)8-9-22(21)30(16)14-17-4-6-19(26)7-5-17/h3-13,15H,14H2,1-2H3. The van der Waals surface area contributed by atoms with Crippen LogP contribution in [-0.4, -0.2) is 37.2 Å². The lowest BCUT2D eigenvalue weighted by molar-refractivity contribution is 0.103. The van der Waals surface area contributed by atoms with E-state index < -0.39 is 0 Å². The quantitative estimate of drug-likeness (QED) is 0.340. The third-order valence-electron chi connectivity index (χ3n) is 5.61. The van der Waals surface area contributed by atoms with E-state index in [1.54, 1.807) is 38.0 Å². The number of ether oxygens (including phenoxy) is 1. The van der Waals surface area contributed by atoms with Gasteiger partial charge in [-0.05, 0) is 48.9 Å². The number of rotatable bonds is 6. The summed E-state index contributed by atoms with van der Waals surface area (Å²) < 4.78 is 9.07. The van der Waals surface area contributed by atoms with Crippen molar-refractivity contribution in [1.29, 1.82) is 0 Å². The fraction of sp³-hybridized carbons (Fsp3) is 0.120. The van der Waals surface area contributed by atoms with Crippen molar-refractivity contribution in [3.05, 3.63) is 101 Å². The Bertz CT molecular complexity index is 1460. The predicted octanol–water partition coefficient (Wildman–Crippen LogP) is 4.87. The van der Waals surface area contributed by atoms with Gasteiger partial charge in [0.2, 0.25) is 5.95 Å². The van der Waals surface area contributed by atoms with Crippen molar-refractivity contribution in [3.8, 4) is 11.7 Å². The first kappa shape index (κ1) is 20.9. The second-order valence-corrected chi connectivity index (χ2v) is 8.04. The zero-order chi connectivity index (χ0) is 22.9. The second-order valence-electron chi connectivity index (χ2n) is 7.61. The van der Waals surface area contributed by atoms with Crippen LogP contribution in [0.4, 0.5) is 0 Å². The van der Waals surface area contributed by atoms with Gasteiger partial charge in [-0.3, -0.25) is 4.79 Å². The summed E-state index contributed by atoms with van der Waals surface area (Å²) in [5, 5.41) is 5.80. The summed E-state index contributed by atoms with van der Waals surface area (Å²) in [6.45, 7) is 2.57. The van der Waals surface area contributed by atoms with Gasteiger partial charge in [-0.2, -0.15) is 5.10 Å². The molecule has 0 aliphatic rings. The van der Waals surface area contributed by atoms with Crippen molar-refractivity contribution in [2.24, 2.45) is 0 Å². The third kappa shape index (κ3) is 3.87. The molecular weight excluding hydrogens is 438 g/mol. The minimum atomic E-state index is -0.122. The highest BCUT2D eigenvalue weighted by atomic mass is 35.5. The van der Waals surface area contributed by atoms with Crippen LogP contribution in [0.5, 0.6) is 5.75 Å². The number of hydrogen-bond donors (Lipinski definition) is 0. The number of ketones is 1. The minimum absolute atomic E-state index is 0.122. The Morgan fingerprint density at radius 3 is 2.58 bits per heavy atom. The zero-order valence-electron chi connectivity index (χ0n) is 18.1. The van der Waals surface area contributed by atoms with Crippen LogP contribution in [-0.2, 0) is 6.54 Å². The normalized spacial score (nSPS) is 11.1. The molecule has 3 heterocycles. The van der Waals surface area contributed by atoms with E-state index in [1.807, 2.05) is 49.4 Å². The van der Waals surface area contributed by atoms with Gasteiger partial charge in [0.1, 0.15) is 5.75 Å². The average Bonchev–Trinajstić information content (AvgIpc) is 3.44. The largest absolute Gasteiger partial charge is 0.497 e. The number of carbonyl (C=O) groups excluding carboxylic acids is 1. The summed E-state index contributed by atoms with van der Waals surface area (Å²) in [5.41, 5.74) is 3.97. The molecule has 0 N–H and O–H groups in total. The van der Waals surface area contributed by atoms with E-state index in [4.69, 9.17) is 16.3 Å². The van der Waals surface area contributed by atoms with Gasteiger partial charge in [-0.25, -0.2) is 14.6 Å². The van der Waals surface area contributed by atoms with Crippen molar-refractivity contribution in [1.82, 2.24) is 24.3 Å². The molecule has 0 unspecified atom stereocenters. The Kier molecular flexibility index (Phi) is 5.40. The summed E-state index contributed by atoms with van der Waals surface area (Å²) in [4.78, 5) is 22.0. The Morgan fingerprint density at radius 1 is 1.09 bits per heavy atom. The first-order chi connectivity index (χ1) is 16.0. The third-order valence-corrected chi connectivity index (χ3v) is 5.87. The van der Waals surface area contributed by atoms with Crippen molar-refractivity contribution in [2.45, 2.75) is 13.5 Å². The van der Waals surface area contributed by atoms with Crippen LogP contribution in [0.25, 0.3) is 16.9 Å². The van der Waals surface area contributed by atoms with Gasteiger partial charge in [0, 0.05) is 46.8 Å². The predicted molar refractivity (Wildman–Crippen MR) is 126 cm³/mol. The SMILES string of the molecule is COc1ccc2c(c1)c(C(=O)c1cnn(-c3ncccn3)c1)c(C)n2Cc1ccc(Cl)cc1. The second kappa shape index (κ2) is 8.52. The van der Waals surface area contributed by atoms with E-state index in [2.05, 4.69) is 19.6 Å². The Hall–Kier alpha value is -3.97. The molecule has 5 rings (SSSR count). The molecule has 0 aliphatic heterocycles. The van der Waals surface area contributed by atoms with Crippen LogP contribution in [0.3, 0.4) is 0 Å². The Labute approximate surface area is 195 Å². The maximum atomic E-state index is 13.7. The van der Waals surface area contributed by atoms with Crippen LogP contribution in [0.2, 0.25) is 5.02 Å². The molecule has 0 bridgehead atoms. The van der Waals surface area contributed by atoms with E-state index in [0.717, 1.165) is 22.2 Å². The average molecular weight is 458 g/mol. The number of aromatic nitrogens is 5. The molecule has 33 heavy (non-hydrogen) atoms. The lowest BCUT2D eigenvalue weighted by atomic mass is 10.0. The van der Waals surface area contributed by atoms with Gasteiger partial charge < -0.3 is 9.30 Å². The highest BCUT2D eigenvalue weighted by Crippen LogP contribution is 2.32. The van der Waals surface area contributed by atoms with Gasteiger partial charge in [-0.15, -0.1) is 0 Å². The number of fused-ring (bicyclic) bond motifs is 1. The summed E-state index contributed by atoms with van der Waals surface area (Å²) in [6, 6.07) is 15.2. The monoisotopic (exact) mass is 457 g/mol. The highest BCUT2D eigenvalue weighted by molar-refractivity contribution is 6.30. The number of benzene rings is 2. The Morgan fingerprint density at radius 2 is 1.85 bits per heavy atom. The first-order valence-corrected chi connectivity index (χ1v) is 10.7. The van der Waals surface area contributed by atoms with Crippen molar-refractivity contribution in [3.63, 3.8) is 0 Å². The number of halogens is 1. The van der Waals surface area contributed by atoms with Gasteiger partial charge >= 0.3 is 0 Å². The molecular formula is C25H20ClN5O2. The molecule has 2 aromatic carbocycles. The molecule has 0 fully saturated rings. The molecule has 7 nitrogen and oxygen atoms in total. The van der Waals surface area contributed by atoms with E-state index in [1.165, 1.54) is 4.68 Å². The van der Waals surface area contributed by atoms with Crippen molar-refractivity contribution < 1.29 is 9.53 Å². The van der Waals surface area contributed by atoms with Gasteiger partial charge in [0.05, 0.1) is 24.4 Å². The molecule has 8 heteroatoms. The smallest absolute Gasteiger partial charge is 0.250 e. The highest BCUT2D eigenvalue weighted by Gasteiger charge is 2.23. The first-order valence-electron chi connectivity index (χ1n) is 10.3. The molecule has 0 spiro atoms. The zero-order valence-corrected chi connectivity index (χ0v) is 18.8. The molecule has 5 aromatic rings. The van der Waals surface area contributed by atoms with E-state index in [-0.39, 0.29) is 5.78 Å². The fourth-order valence-electron chi connectivity index (χ4n) is 3.95. The summed E-state index contributed by atoms with van der Waals surface area (Å²) in [6.07, 6.45) is 6.46. The topological polar surface area (TPSA) is 74.8 Å². The maximum absolute atomic E-state index is 13.7. The van der Waals surface area contributed by atoms with Crippen LogP contribution in [0, 0.1) is 6.92 Å².